The summed E-state index contributed by atoms with van der Waals surface area (Å²) < 4.78 is 48.4. The van der Waals surface area contributed by atoms with Gasteiger partial charge < -0.3 is 24.2 Å². The number of ether oxygens (including phenoxy) is 3. The third-order valence-electron chi connectivity index (χ3n) is 11.2. The van der Waals surface area contributed by atoms with Crippen LogP contribution in [0, 0.1) is 11.8 Å². The molecule has 7 rings (SSSR count). The molecule has 5 aliphatic rings. The van der Waals surface area contributed by atoms with E-state index in [9.17, 15) is 18.3 Å². The molecule has 7 atom stereocenters. The van der Waals surface area contributed by atoms with E-state index in [1.165, 1.54) is 18.2 Å². The average Bonchev–Trinajstić information content (AvgIpc) is 3.50. The van der Waals surface area contributed by atoms with Gasteiger partial charge in [0.15, 0.2) is 0 Å². The molecule has 2 aromatic rings. The van der Waals surface area contributed by atoms with Gasteiger partial charge in [-0.05, 0) is 111 Å². The van der Waals surface area contributed by atoms with Gasteiger partial charge in [-0.25, -0.2) is 13.1 Å². The zero-order chi connectivity index (χ0) is 32.8. The highest BCUT2D eigenvalue weighted by molar-refractivity contribution is 7.90. The zero-order valence-electron chi connectivity index (χ0n) is 26.9. The molecule has 1 amide bonds. The molecule has 2 N–H and O–H groups in total. The first-order valence-corrected chi connectivity index (χ1v) is 18.9. The fourth-order valence-electron chi connectivity index (χ4n) is 8.54. The Hall–Kier alpha value is -2.63. The number of methoxy groups -OCH3 is 1. The molecule has 2 aromatic carbocycles. The molecule has 11 heteroatoms. The molecule has 2 bridgehead atoms. The van der Waals surface area contributed by atoms with Crippen LogP contribution in [0.5, 0.6) is 5.75 Å². The minimum atomic E-state index is -4.18. The monoisotopic (exact) mass is 684 g/mol. The average molecular weight is 685 g/mol. The molecular weight excluding hydrogens is 640 g/mol. The van der Waals surface area contributed by atoms with E-state index in [2.05, 4.69) is 21.8 Å². The standard InChI is InChI=1S/C36H45ClN2O7S/c1-44-33-8-2-7-31(40)28-12-9-25(28)20-39-21-36(15-3-5-23-17-26(37)11-13-29(23)36)22-46-32-14-10-24(18-30(32)39)35(41)38-47(42,43)34(33)19-27-6-4-16-45-27/h2,7,10-11,13-14,17-18,25,27-28,31,33-34,40H,3-6,8-9,12,15-16,19-22H2,1H3,(H,38,41)/b7-2+/t25-,27-,28+,31-,33-,34-,36-/m0/s1. The number of rotatable bonds is 3. The van der Waals surface area contributed by atoms with E-state index in [1.807, 2.05) is 12.1 Å². The van der Waals surface area contributed by atoms with Crippen molar-refractivity contribution in [2.75, 3.05) is 38.3 Å². The van der Waals surface area contributed by atoms with Gasteiger partial charge in [0.25, 0.3) is 5.91 Å². The lowest BCUT2D eigenvalue weighted by atomic mass is 9.68. The van der Waals surface area contributed by atoms with E-state index in [0.29, 0.717) is 32.1 Å². The summed E-state index contributed by atoms with van der Waals surface area (Å²) in [4.78, 5) is 16.1. The van der Waals surface area contributed by atoms with Gasteiger partial charge in [-0.15, -0.1) is 0 Å². The molecule has 2 fully saturated rings. The number of carbonyl (C=O) groups excluding carboxylic acids is 1. The van der Waals surface area contributed by atoms with Crippen LogP contribution in [-0.4, -0.2) is 76.4 Å². The Balaban J connectivity index is 1.27. The van der Waals surface area contributed by atoms with Gasteiger partial charge in [-0.1, -0.05) is 29.8 Å². The second-order valence-corrected chi connectivity index (χ2v) is 16.4. The van der Waals surface area contributed by atoms with Crippen molar-refractivity contribution < 1.29 is 32.5 Å². The largest absolute Gasteiger partial charge is 0.490 e. The Labute approximate surface area is 282 Å². The van der Waals surface area contributed by atoms with Crippen molar-refractivity contribution in [1.29, 1.82) is 0 Å². The molecule has 1 spiro atoms. The summed E-state index contributed by atoms with van der Waals surface area (Å²) in [5, 5.41) is 11.0. The molecular formula is C36H45ClN2O7S. The summed E-state index contributed by atoms with van der Waals surface area (Å²) in [5.41, 5.74) is 3.21. The summed E-state index contributed by atoms with van der Waals surface area (Å²) >= 11 is 6.41. The Morgan fingerprint density at radius 1 is 1.15 bits per heavy atom. The second kappa shape index (κ2) is 13.3. The number of nitrogens with one attached hydrogen (secondary N) is 1. The summed E-state index contributed by atoms with van der Waals surface area (Å²) in [6, 6.07) is 11.3. The molecule has 254 valence electrons. The third kappa shape index (κ3) is 6.56. The van der Waals surface area contributed by atoms with Crippen LogP contribution in [0.4, 0.5) is 5.69 Å². The van der Waals surface area contributed by atoms with Crippen molar-refractivity contribution in [3.8, 4) is 5.75 Å². The maximum atomic E-state index is 13.9. The Morgan fingerprint density at radius 2 is 2.02 bits per heavy atom. The van der Waals surface area contributed by atoms with Gasteiger partial charge in [-0.2, -0.15) is 0 Å². The highest BCUT2D eigenvalue weighted by Crippen LogP contribution is 2.47. The number of aryl methyl sites for hydroxylation is 1. The Morgan fingerprint density at radius 3 is 2.79 bits per heavy atom. The van der Waals surface area contributed by atoms with E-state index in [1.54, 1.807) is 24.3 Å². The Kier molecular flexibility index (Phi) is 9.34. The number of halogens is 1. The van der Waals surface area contributed by atoms with Gasteiger partial charge >= 0.3 is 0 Å². The molecule has 1 saturated heterocycles. The number of aliphatic hydroxyl groups excluding tert-OH is 1. The van der Waals surface area contributed by atoms with Crippen LogP contribution in [0.25, 0.3) is 0 Å². The first-order chi connectivity index (χ1) is 22.7. The van der Waals surface area contributed by atoms with Crippen molar-refractivity contribution in [2.24, 2.45) is 11.8 Å². The fourth-order valence-corrected chi connectivity index (χ4v) is 10.3. The molecule has 2 aliphatic carbocycles. The van der Waals surface area contributed by atoms with E-state index in [0.717, 1.165) is 55.7 Å². The maximum Gasteiger partial charge on any atom is 0.264 e. The lowest BCUT2D eigenvalue weighted by molar-refractivity contribution is 0.0447. The predicted octanol–water partition coefficient (Wildman–Crippen LogP) is 5.17. The molecule has 0 aromatic heterocycles. The quantitative estimate of drug-likeness (QED) is 0.426. The SMILES string of the molecule is CO[C@H]1C/C=C/[C@H](O)[C@@H]2CC[C@H]2CN2C[C@@]3(CCCc4cc(Cl)ccc43)COc3ccc(cc32)C(=O)NS(=O)(=O)[C@H]1C[C@@H]1CCCO1. The topological polar surface area (TPSA) is 114 Å². The van der Waals surface area contributed by atoms with Crippen LogP contribution in [0.1, 0.15) is 72.9 Å². The van der Waals surface area contributed by atoms with Gasteiger partial charge in [0.1, 0.15) is 11.0 Å². The first kappa shape index (κ1) is 32.9. The summed E-state index contributed by atoms with van der Waals surface area (Å²) in [7, 11) is -2.69. The number of aliphatic hydroxyl groups is 1. The number of hydrogen-bond acceptors (Lipinski definition) is 8. The summed E-state index contributed by atoms with van der Waals surface area (Å²) in [5.74, 6) is 0.285. The summed E-state index contributed by atoms with van der Waals surface area (Å²) in [6.45, 7) is 2.43. The number of benzene rings is 2. The van der Waals surface area contributed by atoms with E-state index < -0.39 is 33.4 Å². The molecule has 3 heterocycles. The van der Waals surface area contributed by atoms with Crippen molar-refractivity contribution in [1.82, 2.24) is 4.72 Å². The number of carbonyl (C=O) groups is 1. The predicted molar refractivity (Wildman–Crippen MR) is 181 cm³/mol. The van der Waals surface area contributed by atoms with Gasteiger partial charge in [-0.3, -0.25) is 4.79 Å². The number of fused-ring (bicyclic) bond motifs is 4. The highest BCUT2D eigenvalue weighted by Gasteiger charge is 2.45. The first-order valence-electron chi connectivity index (χ1n) is 17.0. The third-order valence-corrected chi connectivity index (χ3v) is 13.2. The van der Waals surface area contributed by atoms with Crippen LogP contribution in [-0.2, 0) is 31.3 Å². The maximum absolute atomic E-state index is 13.9. The second-order valence-electron chi connectivity index (χ2n) is 14.1. The van der Waals surface area contributed by atoms with E-state index >= 15 is 0 Å². The summed E-state index contributed by atoms with van der Waals surface area (Å²) in [6.07, 6.45) is 8.95. The smallest absolute Gasteiger partial charge is 0.264 e. The minimum absolute atomic E-state index is 0.0686. The van der Waals surface area contributed by atoms with Crippen molar-refractivity contribution in [3.63, 3.8) is 0 Å². The number of anilines is 1. The lowest BCUT2D eigenvalue weighted by Gasteiger charge is -2.45. The number of amides is 1. The molecule has 3 aliphatic heterocycles. The van der Waals surface area contributed by atoms with Gasteiger partial charge in [0.05, 0.1) is 30.6 Å². The van der Waals surface area contributed by atoms with Crippen LogP contribution < -0.4 is 14.4 Å². The molecule has 0 unspecified atom stereocenters. The van der Waals surface area contributed by atoms with Crippen LogP contribution in [0.2, 0.25) is 5.02 Å². The molecule has 47 heavy (non-hydrogen) atoms. The number of hydrogen-bond donors (Lipinski definition) is 2. The minimum Gasteiger partial charge on any atom is -0.490 e. The number of sulfonamides is 1. The highest BCUT2D eigenvalue weighted by atomic mass is 35.5. The van der Waals surface area contributed by atoms with Crippen LogP contribution >= 0.6 is 11.6 Å². The number of nitrogens with zero attached hydrogens (tertiary/aromatic N) is 1. The Bertz CT molecular complexity index is 1630. The van der Waals surface area contributed by atoms with Crippen LogP contribution in [0.3, 0.4) is 0 Å². The van der Waals surface area contributed by atoms with Crippen LogP contribution in [0.15, 0.2) is 48.6 Å². The molecule has 1 saturated carbocycles. The molecule has 9 nitrogen and oxygen atoms in total. The van der Waals surface area contributed by atoms with Gasteiger partial charge in [0, 0.05) is 42.8 Å². The fraction of sp³-hybridized carbons (Fsp3) is 0.583. The van der Waals surface area contributed by atoms with E-state index in [-0.39, 0.29) is 41.8 Å². The van der Waals surface area contributed by atoms with Crippen molar-refractivity contribution in [3.05, 3.63) is 70.3 Å². The van der Waals surface area contributed by atoms with Crippen molar-refractivity contribution >= 4 is 33.2 Å². The normalized spacial score (nSPS) is 34.3. The molecule has 0 radical (unpaired) electrons. The van der Waals surface area contributed by atoms with Crippen molar-refractivity contribution in [2.45, 2.75) is 86.8 Å². The zero-order valence-corrected chi connectivity index (χ0v) is 28.5. The van der Waals surface area contributed by atoms with E-state index in [4.69, 9.17) is 25.8 Å². The van der Waals surface area contributed by atoms with Gasteiger partial charge in [0.2, 0.25) is 10.0 Å². The lowest BCUT2D eigenvalue weighted by Crippen LogP contribution is -2.49.